The van der Waals surface area contributed by atoms with Crippen LogP contribution in [0.1, 0.15) is 37.8 Å². The van der Waals surface area contributed by atoms with Gasteiger partial charge < -0.3 is 19.9 Å². The summed E-state index contributed by atoms with van der Waals surface area (Å²) in [4.78, 5) is 14.6. The molecule has 0 spiro atoms. The lowest BCUT2D eigenvalue weighted by Gasteiger charge is -2.43. The highest BCUT2D eigenvalue weighted by atomic mass is 16.5. The Labute approximate surface area is 155 Å². The third kappa shape index (κ3) is 5.04. The Bertz CT molecular complexity index is 582. The van der Waals surface area contributed by atoms with E-state index in [2.05, 4.69) is 10.2 Å². The van der Waals surface area contributed by atoms with Gasteiger partial charge in [0.15, 0.2) is 0 Å². The van der Waals surface area contributed by atoms with E-state index in [4.69, 9.17) is 9.47 Å². The van der Waals surface area contributed by atoms with Crippen LogP contribution in [0.2, 0.25) is 0 Å². The fourth-order valence-electron chi connectivity index (χ4n) is 3.93. The summed E-state index contributed by atoms with van der Waals surface area (Å²) in [5.41, 5.74) is 1.10. The number of aliphatic hydroxyl groups is 1. The largest absolute Gasteiger partial charge is 0.389 e. The van der Waals surface area contributed by atoms with Crippen LogP contribution in [0.15, 0.2) is 30.3 Å². The van der Waals surface area contributed by atoms with Crippen LogP contribution in [-0.2, 0) is 14.3 Å². The van der Waals surface area contributed by atoms with Crippen molar-refractivity contribution in [2.75, 3.05) is 26.8 Å². The first kappa shape index (κ1) is 19.3. The molecule has 1 aromatic carbocycles. The third-order valence-electron chi connectivity index (χ3n) is 5.33. The molecule has 1 amide bonds. The molecule has 26 heavy (non-hydrogen) atoms. The van der Waals surface area contributed by atoms with E-state index in [1.54, 1.807) is 0 Å². The molecule has 0 unspecified atom stereocenters. The van der Waals surface area contributed by atoms with Gasteiger partial charge in [0.05, 0.1) is 44.0 Å². The highest BCUT2D eigenvalue weighted by Gasteiger charge is 2.36. The van der Waals surface area contributed by atoms with Crippen LogP contribution >= 0.6 is 0 Å². The molecule has 2 N–H and O–H groups in total. The Balaban J connectivity index is 1.51. The van der Waals surface area contributed by atoms with Crippen molar-refractivity contribution in [3.63, 3.8) is 0 Å². The van der Waals surface area contributed by atoms with Crippen LogP contribution in [0.5, 0.6) is 0 Å². The van der Waals surface area contributed by atoms with Gasteiger partial charge in [-0.25, -0.2) is 0 Å². The number of hydrogen-bond acceptors (Lipinski definition) is 5. The second-order valence-corrected chi connectivity index (χ2v) is 7.48. The quantitative estimate of drug-likeness (QED) is 0.849. The van der Waals surface area contributed by atoms with E-state index < -0.39 is 6.10 Å². The van der Waals surface area contributed by atoms with Gasteiger partial charge in [0.2, 0.25) is 5.91 Å². The number of hydrogen-bond donors (Lipinski definition) is 2. The molecule has 2 saturated heterocycles. The monoisotopic (exact) mass is 362 g/mol. The number of β-amino-alcohol motifs (C(OH)–C–C–N with tert-alkyl or cyclic N) is 1. The Morgan fingerprint density at radius 2 is 2.08 bits per heavy atom. The predicted molar refractivity (Wildman–Crippen MR) is 98.8 cm³/mol. The minimum Gasteiger partial charge on any atom is -0.389 e. The Morgan fingerprint density at radius 1 is 1.31 bits per heavy atom. The molecule has 6 nitrogen and oxygen atoms in total. The van der Waals surface area contributed by atoms with Crippen LogP contribution in [0.4, 0.5) is 0 Å². The molecule has 0 radical (unpaired) electrons. The molecule has 0 aliphatic carbocycles. The van der Waals surface area contributed by atoms with Gasteiger partial charge >= 0.3 is 0 Å². The van der Waals surface area contributed by atoms with Gasteiger partial charge in [-0.1, -0.05) is 30.3 Å². The number of aliphatic hydroxyl groups excluding tert-OH is 1. The molecule has 5 atom stereocenters. The second kappa shape index (κ2) is 8.95. The molecule has 3 rings (SSSR count). The molecule has 2 heterocycles. The minimum absolute atomic E-state index is 0.0142. The number of likely N-dealkylation sites (N-methyl/N-ethyl adjacent to an activating group) is 1. The standard InChI is InChI=1S/C20H30N2O4/c1-14(15-6-4-3-5-7-15)21-20(24)10-17-8-9-18-19(26-17)13-25-12-16(23)11-22(18)2/h3-7,14,16-19,23H,8-13H2,1-2H3,(H,21,24)/t14-,16-,17-,18+,19-/m0/s1. The molecule has 144 valence electrons. The number of nitrogens with zero attached hydrogens (tertiary/aromatic N) is 1. The molecule has 2 aliphatic rings. The van der Waals surface area contributed by atoms with Crippen molar-refractivity contribution >= 4 is 5.91 Å². The maximum atomic E-state index is 12.4. The summed E-state index contributed by atoms with van der Waals surface area (Å²) >= 11 is 0. The van der Waals surface area contributed by atoms with Crippen molar-refractivity contribution < 1.29 is 19.4 Å². The van der Waals surface area contributed by atoms with Gasteiger partial charge in [-0.2, -0.15) is 0 Å². The summed E-state index contributed by atoms with van der Waals surface area (Å²) in [5.74, 6) is 0.0142. The van der Waals surface area contributed by atoms with E-state index in [1.807, 2.05) is 44.3 Å². The average molecular weight is 362 g/mol. The van der Waals surface area contributed by atoms with Crippen molar-refractivity contribution in [3.8, 4) is 0 Å². The van der Waals surface area contributed by atoms with Gasteiger partial charge in [0, 0.05) is 12.6 Å². The number of amides is 1. The van der Waals surface area contributed by atoms with E-state index in [1.165, 1.54) is 0 Å². The van der Waals surface area contributed by atoms with Crippen LogP contribution in [0.25, 0.3) is 0 Å². The highest BCUT2D eigenvalue weighted by Crippen LogP contribution is 2.27. The van der Waals surface area contributed by atoms with Crippen LogP contribution in [0.3, 0.4) is 0 Å². The average Bonchev–Trinajstić information content (AvgIpc) is 2.61. The summed E-state index contributed by atoms with van der Waals surface area (Å²) < 4.78 is 11.8. The fraction of sp³-hybridized carbons (Fsp3) is 0.650. The molecule has 0 saturated carbocycles. The Morgan fingerprint density at radius 3 is 2.85 bits per heavy atom. The van der Waals surface area contributed by atoms with Crippen molar-refractivity contribution in [3.05, 3.63) is 35.9 Å². The number of benzene rings is 1. The van der Waals surface area contributed by atoms with Crippen molar-refractivity contribution in [2.24, 2.45) is 0 Å². The molecule has 0 aromatic heterocycles. The molecule has 6 heteroatoms. The predicted octanol–water partition coefficient (Wildman–Crippen LogP) is 1.49. The van der Waals surface area contributed by atoms with E-state index in [0.29, 0.717) is 26.2 Å². The number of ether oxygens (including phenoxy) is 2. The van der Waals surface area contributed by atoms with Gasteiger partial charge in [-0.3, -0.25) is 9.69 Å². The zero-order chi connectivity index (χ0) is 18.5. The lowest BCUT2D eigenvalue weighted by atomic mass is 9.95. The first-order chi connectivity index (χ1) is 12.5. The summed E-state index contributed by atoms with van der Waals surface area (Å²) in [5, 5.41) is 12.9. The number of nitrogens with one attached hydrogen (secondary N) is 1. The van der Waals surface area contributed by atoms with E-state index in [9.17, 15) is 9.90 Å². The maximum Gasteiger partial charge on any atom is 0.223 e. The van der Waals surface area contributed by atoms with E-state index >= 15 is 0 Å². The van der Waals surface area contributed by atoms with Gasteiger partial charge in [0.25, 0.3) is 0 Å². The zero-order valence-electron chi connectivity index (χ0n) is 15.6. The highest BCUT2D eigenvalue weighted by molar-refractivity contribution is 5.76. The van der Waals surface area contributed by atoms with Crippen LogP contribution in [-0.4, -0.2) is 67.1 Å². The van der Waals surface area contributed by atoms with Crippen molar-refractivity contribution in [1.29, 1.82) is 0 Å². The van der Waals surface area contributed by atoms with Gasteiger partial charge in [0.1, 0.15) is 0 Å². The topological polar surface area (TPSA) is 71.0 Å². The molecule has 2 aliphatic heterocycles. The first-order valence-corrected chi connectivity index (χ1v) is 9.48. The summed E-state index contributed by atoms with van der Waals surface area (Å²) in [6.07, 6.45) is 1.57. The zero-order valence-corrected chi connectivity index (χ0v) is 15.6. The maximum absolute atomic E-state index is 12.4. The lowest BCUT2D eigenvalue weighted by Crippen LogP contribution is -2.54. The molecule has 1 aromatic rings. The number of carbonyl (C=O) groups is 1. The summed E-state index contributed by atoms with van der Waals surface area (Å²) in [6, 6.07) is 10.2. The van der Waals surface area contributed by atoms with E-state index in [0.717, 1.165) is 18.4 Å². The van der Waals surface area contributed by atoms with Gasteiger partial charge in [-0.15, -0.1) is 0 Å². The first-order valence-electron chi connectivity index (χ1n) is 9.48. The number of carbonyl (C=O) groups excluding carboxylic acids is 1. The van der Waals surface area contributed by atoms with Crippen molar-refractivity contribution in [2.45, 2.75) is 56.6 Å². The van der Waals surface area contributed by atoms with Gasteiger partial charge in [-0.05, 0) is 32.4 Å². The third-order valence-corrected chi connectivity index (χ3v) is 5.33. The van der Waals surface area contributed by atoms with Crippen LogP contribution < -0.4 is 5.32 Å². The lowest BCUT2D eigenvalue weighted by molar-refractivity contribution is -0.153. The normalized spacial score (nSPS) is 31.3. The van der Waals surface area contributed by atoms with Crippen molar-refractivity contribution in [1.82, 2.24) is 10.2 Å². The molecular formula is C20H30N2O4. The molecule has 2 fully saturated rings. The summed E-state index contributed by atoms with van der Waals surface area (Å²) in [6.45, 7) is 3.37. The minimum atomic E-state index is -0.455. The number of fused-ring (bicyclic) bond motifs is 1. The SMILES string of the molecule is C[C@H](NC(=O)C[C@@H]1CC[C@@H]2[C@H](COC[C@@H](O)CN2C)O1)c1ccccc1. The summed E-state index contributed by atoms with van der Waals surface area (Å²) in [7, 11) is 2.02. The van der Waals surface area contributed by atoms with Crippen LogP contribution in [0, 0.1) is 0 Å². The van der Waals surface area contributed by atoms with E-state index in [-0.39, 0.29) is 30.2 Å². The number of rotatable bonds is 4. The molecule has 0 bridgehead atoms. The second-order valence-electron chi connectivity index (χ2n) is 7.48. The molecular weight excluding hydrogens is 332 g/mol. The Hall–Kier alpha value is -1.47. The Kier molecular flexibility index (Phi) is 6.64. The smallest absolute Gasteiger partial charge is 0.223 e. The fourth-order valence-corrected chi connectivity index (χ4v) is 3.93.